The predicted molar refractivity (Wildman–Crippen MR) is 101 cm³/mol. The Morgan fingerprint density at radius 3 is 1.79 bits per heavy atom. The van der Waals surface area contributed by atoms with Gasteiger partial charge in [-0.05, 0) is 48.0 Å². The van der Waals surface area contributed by atoms with E-state index in [1.807, 2.05) is 5.32 Å². The van der Waals surface area contributed by atoms with Crippen LogP contribution in [0.2, 0.25) is 0 Å². The van der Waals surface area contributed by atoms with Gasteiger partial charge in [-0.3, -0.25) is 20.4 Å². The van der Waals surface area contributed by atoms with Gasteiger partial charge < -0.3 is 19.9 Å². The number of carboxylic acid groups (broad SMARTS) is 1. The van der Waals surface area contributed by atoms with Gasteiger partial charge in [-0.2, -0.15) is 0 Å². The Morgan fingerprint density at radius 1 is 0.964 bits per heavy atom. The van der Waals surface area contributed by atoms with Crippen molar-refractivity contribution in [3.63, 3.8) is 0 Å². The molecule has 0 rings (SSSR count). The monoisotopic (exact) mass is 400 g/mol. The minimum absolute atomic E-state index is 0.00174. The molecule has 0 saturated heterocycles. The molecular weight excluding hydrogens is 372 g/mol. The highest BCUT2D eigenvalue weighted by molar-refractivity contribution is 6.01. The molecule has 0 aromatic rings. The third kappa shape index (κ3) is 13.1. The molecule has 3 amide bonds. The van der Waals surface area contributed by atoms with Gasteiger partial charge in [0.25, 0.3) is 0 Å². The third-order valence-corrected chi connectivity index (χ3v) is 2.43. The number of aliphatic carboxylic acids is 1. The molecule has 0 aliphatic carbocycles. The summed E-state index contributed by atoms with van der Waals surface area (Å²) >= 11 is 0. The van der Waals surface area contributed by atoms with Crippen LogP contribution >= 0.6 is 0 Å². The molecule has 0 aromatic heterocycles. The van der Waals surface area contributed by atoms with E-state index in [-0.39, 0.29) is 31.0 Å². The van der Waals surface area contributed by atoms with Gasteiger partial charge in [-0.25, -0.2) is 14.4 Å². The van der Waals surface area contributed by atoms with Crippen molar-refractivity contribution in [3.05, 3.63) is 11.8 Å². The number of amides is 3. The van der Waals surface area contributed by atoms with Crippen LogP contribution in [0.1, 0.15) is 48.0 Å². The van der Waals surface area contributed by atoms with E-state index >= 15 is 0 Å². The molecule has 11 nitrogen and oxygen atoms in total. The molecule has 0 bridgehead atoms. The minimum Gasteiger partial charge on any atom is -0.477 e. The van der Waals surface area contributed by atoms with Crippen LogP contribution in [0.15, 0.2) is 16.8 Å². The summed E-state index contributed by atoms with van der Waals surface area (Å²) in [5, 5.41) is 15.5. The number of carbonyl (C=O) groups is 4. The third-order valence-electron chi connectivity index (χ3n) is 2.43. The SMILES string of the molecule is CC(C)(C)OC(=O)NC(=NCC/C=C(\NC=O)C(=O)O)NC(=O)OC(C)(C)C. The van der Waals surface area contributed by atoms with Crippen molar-refractivity contribution in [3.8, 4) is 0 Å². The molecular formula is C17H28N4O7. The Hall–Kier alpha value is -3.11. The summed E-state index contributed by atoms with van der Waals surface area (Å²) in [6.45, 7) is 10.0. The quantitative estimate of drug-likeness (QED) is 0.173. The molecule has 0 radical (unpaired) electrons. The fourth-order valence-electron chi connectivity index (χ4n) is 1.57. The van der Waals surface area contributed by atoms with Crippen molar-refractivity contribution in [2.75, 3.05) is 6.54 Å². The molecule has 11 heteroatoms. The highest BCUT2D eigenvalue weighted by Crippen LogP contribution is 2.07. The van der Waals surface area contributed by atoms with Crippen LogP contribution in [0.5, 0.6) is 0 Å². The summed E-state index contributed by atoms with van der Waals surface area (Å²) in [6.07, 6.45) is -0.0992. The number of carboxylic acids is 1. The molecule has 0 aliphatic heterocycles. The summed E-state index contributed by atoms with van der Waals surface area (Å²) in [5.74, 6) is -1.54. The Labute approximate surface area is 163 Å². The number of carbonyl (C=O) groups excluding carboxylic acids is 3. The molecule has 4 N–H and O–H groups in total. The van der Waals surface area contributed by atoms with Crippen LogP contribution in [-0.4, -0.2) is 53.4 Å². The molecule has 28 heavy (non-hydrogen) atoms. The van der Waals surface area contributed by atoms with E-state index in [2.05, 4.69) is 15.6 Å². The number of nitrogens with one attached hydrogen (secondary N) is 3. The number of hydrogen-bond acceptors (Lipinski definition) is 7. The first-order valence-corrected chi connectivity index (χ1v) is 8.41. The van der Waals surface area contributed by atoms with Gasteiger partial charge in [-0.15, -0.1) is 0 Å². The van der Waals surface area contributed by atoms with Gasteiger partial charge in [0.05, 0.1) is 0 Å². The largest absolute Gasteiger partial charge is 0.477 e. The Bertz CT molecular complexity index is 611. The molecule has 0 atom stereocenters. The second-order valence-electron chi connectivity index (χ2n) is 7.46. The van der Waals surface area contributed by atoms with Gasteiger partial charge in [-0.1, -0.05) is 6.08 Å². The zero-order valence-corrected chi connectivity index (χ0v) is 16.9. The van der Waals surface area contributed by atoms with E-state index in [1.165, 1.54) is 6.08 Å². The van der Waals surface area contributed by atoms with Crippen molar-refractivity contribution in [2.24, 2.45) is 4.99 Å². The van der Waals surface area contributed by atoms with Gasteiger partial charge in [0.15, 0.2) is 0 Å². The maximum absolute atomic E-state index is 11.9. The molecule has 0 unspecified atom stereocenters. The number of nitrogens with zero attached hydrogens (tertiary/aromatic N) is 1. The molecule has 0 saturated carbocycles. The summed E-state index contributed by atoms with van der Waals surface area (Å²) in [4.78, 5) is 49.1. The van der Waals surface area contributed by atoms with Crippen molar-refractivity contribution < 1.29 is 33.8 Å². The molecule has 0 aliphatic rings. The second kappa shape index (κ2) is 10.9. The molecule has 0 spiro atoms. The number of hydrogen-bond donors (Lipinski definition) is 4. The van der Waals surface area contributed by atoms with E-state index in [4.69, 9.17) is 14.6 Å². The highest BCUT2D eigenvalue weighted by atomic mass is 16.6. The van der Waals surface area contributed by atoms with E-state index in [9.17, 15) is 19.2 Å². The Kier molecular flexibility index (Phi) is 9.69. The average molecular weight is 400 g/mol. The first kappa shape index (κ1) is 24.9. The fraction of sp³-hybridized carbons (Fsp3) is 0.588. The van der Waals surface area contributed by atoms with E-state index < -0.39 is 29.4 Å². The van der Waals surface area contributed by atoms with Crippen LogP contribution in [0.25, 0.3) is 0 Å². The molecule has 0 heterocycles. The lowest BCUT2D eigenvalue weighted by Crippen LogP contribution is -2.47. The number of alkyl carbamates (subject to hydrolysis) is 2. The smallest absolute Gasteiger partial charge is 0.414 e. The van der Waals surface area contributed by atoms with Crippen molar-refractivity contribution in [2.45, 2.75) is 59.2 Å². The Balaban J connectivity index is 5.14. The standard InChI is InChI=1S/C17H28N4O7/c1-16(2,3)27-14(25)20-13(21-15(26)28-17(4,5)6)18-9-7-8-11(12(23)24)19-10-22/h8,10H,7,9H2,1-6H3,(H,19,22)(H,23,24)(H2,18,20,21,25,26)/b11-8-. The lowest BCUT2D eigenvalue weighted by molar-refractivity contribution is -0.133. The molecule has 158 valence electrons. The van der Waals surface area contributed by atoms with E-state index in [0.717, 1.165) is 0 Å². The van der Waals surface area contributed by atoms with Gasteiger partial charge in [0, 0.05) is 6.54 Å². The van der Waals surface area contributed by atoms with Crippen LogP contribution in [0.4, 0.5) is 9.59 Å². The summed E-state index contributed by atoms with van der Waals surface area (Å²) in [6, 6.07) is 0. The first-order valence-electron chi connectivity index (χ1n) is 8.41. The highest BCUT2D eigenvalue weighted by Gasteiger charge is 2.21. The van der Waals surface area contributed by atoms with Gasteiger partial charge in [0.1, 0.15) is 16.9 Å². The van der Waals surface area contributed by atoms with Crippen molar-refractivity contribution in [1.82, 2.24) is 16.0 Å². The predicted octanol–water partition coefficient (Wildman–Crippen LogP) is 1.50. The zero-order chi connectivity index (χ0) is 22.0. The summed E-state index contributed by atoms with van der Waals surface area (Å²) in [5.41, 5.74) is -1.84. The van der Waals surface area contributed by atoms with Gasteiger partial charge in [0.2, 0.25) is 12.4 Å². The lowest BCUT2D eigenvalue weighted by Gasteiger charge is -2.22. The van der Waals surface area contributed by atoms with Crippen molar-refractivity contribution >= 4 is 30.5 Å². The van der Waals surface area contributed by atoms with Crippen LogP contribution in [-0.2, 0) is 19.1 Å². The topological polar surface area (TPSA) is 155 Å². The van der Waals surface area contributed by atoms with Crippen LogP contribution in [0, 0.1) is 0 Å². The van der Waals surface area contributed by atoms with E-state index in [0.29, 0.717) is 0 Å². The Morgan fingerprint density at radius 2 is 1.43 bits per heavy atom. The van der Waals surface area contributed by atoms with Crippen molar-refractivity contribution in [1.29, 1.82) is 0 Å². The van der Waals surface area contributed by atoms with Crippen LogP contribution < -0.4 is 16.0 Å². The second-order valence-corrected chi connectivity index (χ2v) is 7.46. The summed E-state index contributed by atoms with van der Waals surface area (Å²) in [7, 11) is 0. The number of rotatable bonds is 6. The lowest BCUT2D eigenvalue weighted by atomic mass is 10.2. The number of guanidine groups is 1. The van der Waals surface area contributed by atoms with E-state index in [1.54, 1.807) is 41.5 Å². The molecule has 0 fully saturated rings. The first-order chi connectivity index (χ1) is 12.7. The van der Waals surface area contributed by atoms with Crippen LogP contribution in [0.3, 0.4) is 0 Å². The zero-order valence-electron chi connectivity index (χ0n) is 16.9. The number of ether oxygens (including phenoxy) is 2. The maximum Gasteiger partial charge on any atom is 0.414 e. The molecule has 0 aromatic carbocycles. The minimum atomic E-state index is -1.31. The van der Waals surface area contributed by atoms with Gasteiger partial charge >= 0.3 is 18.2 Å². The summed E-state index contributed by atoms with van der Waals surface area (Å²) < 4.78 is 10.2. The normalized spacial score (nSPS) is 11.7. The fourth-order valence-corrected chi connectivity index (χ4v) is 1.57. The maximum atomic E-state index is 11.9. The number of aliphatic imine (C=N–C) groups is 1. The average Bonchev–Trinajstić information content (AvgIpc) is 2.45.